The van der Waals surface area contributed by atoms with E-state index in [-0.39, 0.29) is 17.7 Å². The monoisotopic (exact) mass is 396 g/mol. The number of rotatable bonds is 9. The molecule has 0 radical (unpaired) electrons. The molecule has 6 nitrogen and oxygen atoms in total. The second-order valence-corrected chi connectivity index (χ2v) is 9.98. The largest absolute Gasteiger partial charge is 0.349 e. The topological polar surface area (TPSA) is 70.9 Å². The fourth-order valence-corrected chi connectivity index (χ4v) is 4.88. The van der Waals surface area contributed by atoms with E-state index in [0.29, 0.717) is 38.6 Å². The Morgan fingerprint density at radius 3 is 2.33 bits per heavy atom. The summed E-state index contributed by atoms with van der Waals surface area (Å²) in [6, 6.07) is 9.45. The Morgan fingerprint density at radius 1 is 1.11 bits per heavy atom. The van der Waals surface area contributed by atoms with Crippen molar-refractivity contribution in [2.45, 2.75) is 45.4 Å². The summed E-state index contributed by atoms with van der Waals surface area (Å²) in [6.45, 7) is 9.11. The highest BCUT2D eigenvalue weighted by Gasteiger charge is 2.30. The van der Waals surface area contributed by atoms with Gasteiger partial charge in [0.15, 0.2) is 6.54 Å². The van der Waals surface area contributed by atoms with E-state index >= 15 is 0 Å². The number of sulfonamides is 1. The van der Waals surface area contributed by atoms with Gasteiger partial charge in [-0.05, 0) is 31.2 Å². The maximum absolute atomic E-state index is 12.6. The molecule has 1 aliphatic rings. The maximum atomic E-state index is 12.6. The molecule has 0 bridgehead atoms. The van der Waals surface area contributed by atoms with E-state index in [4.69, 9.17) is 0 Å². The fourth-order valence-electron chi connectivity index (χ4n) is 3.34. The molecule has 1 aromatic rings. The van der Waals surface area contributed by atoms with Gasteiger partial charge in [-0.1, -0.05) is 44.2 Å². The van der Waals surface area contributed by atoms with Crippen molar-refractivity contribution in [1.82, 2.24) is 9.62 Å². The number of amides is 1. The second-order valence-electron chi connectivity index (χ2n) is 8.01. The van der Waals surface area contributed by atoms with Gasteiger partial charge in [-0.2, -0.15) is 4.31 Å². The third-order valence-corrected chi connectivity index (χ3v) is 6.86. The molecule has 0 unspecified atom stereocenters. The fraction of sp³-hybridized carbons (Fsp3) is 0.650. The molecule has 0 aliphatic carbocycles. The molecular formula is C20H34N3O3S+. The highest BCUT2D eigenvalue weighted by Crippen LogP contribution is 2.10. The van der Waals surface area contributed by atoms with Crippen molar-refractivity contribution >= 4 is 15.9 Å². The third-order valence-electron chi connectivity index (χ3n) is 5.01. The molecule has 1 atom stereocenters. The van der Waals surface area contributed by atoms with E-state index in [0.717, 1.165) is 23.3 Å². The van der Waals surface area contributed by atoms with Crippen LogP contribution in [0.25, 0.3) is 0 Å². The summed E-state index contributed by atoms with van der Waals surface area (Å²) in [6.07, 6.45) is 2.09. The van der Waals surface area contributed by atoms with Crippen molar-refractivity contribution < 1.29 is 18.1 Å². The number of piperazine rings is 1. The Hall–Kier alpha value is -1.44. The Balaban J connectivity index is 1.75. The summed E-state index contributed by atoms with van der Waals surface area (Å²) in [4.78, 5) is 13.4. The lowest BCUT2D eigenvalue weighted by molar-refractivity contribution is -0.895. The standard InChI is InChI=1S/C20H33N3O3S/c1-17(2)9-10-18(3)21-20(24)15-22-11-13-23(14-12-22)27(25,26)16-19-7-5-4-6-8-19/h4-8,17-18H,9-16H2,1-3H3,(H,21,24)/p+1/t18-/m0/s1. The van der Waals surface area contributed by atoms with Gasteiger partial charge in [-0.25, -0.2) is 8.42 Å². The molecule has 1 aliphatic heterocycles. The molecule has 1 fully saturated rings. The highest BCUT2D eigenvalue weighted by molar-refractivity contribution is 7.88. The summed E-state index contributed by atoms with van der Waals surface area (Å²) in [5.41, 5.74) is 0.807. The van der Waals surface area contributed by atoms with Gasteiger partial charge in [0.2, 0.25) is 10.0 Å². The van der Waals surface area contributed by atoms with E-state index in [1.54, 1.807) is 4.31 Å². The summed E-state index contributed by atoms with van der Waals surface area (Å²) in [7, 11) is -3.30. The van der Waals surface area contributed by atoms with Gasteiger partial charge in [-0.3, -0.25) is 4.79 Å². The minimum absolute atomic E-state index is 0.0387. The minimum Gasteiger partial charge on any atom is -0.349 e. The summed E-state index contributed by atoms with van der Waals surface area (Å²) in [5, 5.41) is 3.07. The lowest BCUT2D eigenvalue weighted by Crippen LogP contribution is -3.15. The molecule has 1 heterocycles. The SMILES string of the molecule is CC(C)CC[C@H](C)NC(=O)C[NH+]1CCN(S(=O)(=O)Cc2ccccc2)CC1. The molecule has 0 spiro atoms. The van der Waals surface area contributed by atoms with Crippen LogP contribution in [-0.4, -0.2) is 57.4 Å². The van der Waals surface area contributed by atoms with Crippen molar-refractivity contribution in [1.29, 1.82) is 0 Å². The maximum Gasteiger partial charge on any atom is 0.275 e. The minimum atomic E-state index is -3.30. The quantitative estimate of drug-likeness (QED) is 0.644. The van der Waals surface area contributed by atoms with E-state index < -0.39 is 10.0 Å². The van der Waals surface area contributed by atoms with Crippen LogP contribution in [0.4, 0.5) is 0 Å². The molecule has 27 heavy (non-hydrogen) atoms. The van der Waals surface area contributed by atoms with Gasteiger partial charge < -0.3 is 10.2 Å². The van der Waals surface area contributed by atoms with E-state index in [1.165, 1.54) is 0 Å². The van der Waals surface area contributed by atoms with Crippen LogP contribution in [0.1, 0.15) is 39.2 Å². The number of nitrogens with one attached hydrogen (secondary N) is 2. The predicted molar refractivity (Wildman–Crippen MR) is 108 cm³/mol. The van der Waals surface area contributed by atoms with E-state index in [2.05, 4.69) is 19.2 Å². The average Bonchev–Trinajstić information content (AvgIpc) is 2.61. The molecule has 1 aromatic carbocycles. The summed E-state index contributed by atoms with van der Waals surface area (Å²) in [5.74, 6) is 0.736. The molecule has 1 amide bonds. The first kappa shape index (κ1) is 21.9. The lowest BCUT2D eigenvalue weighted by Gasteiger charge is -2.31. The van der Waals surface area contributed by atoms with Crippen molar-refractivity contribution in [3.8, 4) is 0 Å². The van der Waals surface area contributed by atoms with Crippen molar-refractivity contribution in [3.63, 3.8) is 0 Å². The molecule has 1 saturated heterocycles. The van der Waals surface area contributed by atoms with E-state index in [1.807, 2.05) is 37.3 Å². The smallest absolute Gasteiger partial charge is 0.275 e. The molecule has 0 saturated carbocycles. The second kappa shape index (κ2) is 10.2. The van der Waals surface area contributed by atoms with Gasteiger partial charge in [0, 0.05) is 6.04 Å². The van der Waals surface area contributed by atoms with Crippen LogP contribution in [0.5, 0.6) is 0 Å². The van der Waals surface area contributed by atoms with Crippen LogP contribution < -0.4 is 10.2 Å². The van der Waals surface area contributed by atoms with Gasteiger partial charge in [0.1, 0.15) is 0 Å². The zero-order valence-corrected chi connectivity index (χ0v) is 17.6. The van der Waals surface area contributed by atoms with E-state index in [9.17, 15) is 13.2 Å². The highest BCUT2D eigenvalue weighted by atomic mass is 32.2. The lowest BCUT2D eigenvalue weighted by atomic mass is 10.0. The van der Waals surface area contributed by atoms with Gasteiger partial charge in [-0.15, -0.1) is 0 Å². The van der Waals surface area contributed by atoms with Gasteiger partial charge in [0.25, 0.3) is 5.91 Å². The van der Waals surface area contributed by atoms with Crippen LogP contribution in [0, 0.1) is 5.92 Å². The first-order valence-corrected chi connectivity index (χ1v) is 11.5. The number of quaternary nitrogens is 1. The van der Waals surface area contributed by atoms with Crippen LogP contribution in [0.3, 0.4) is 0 Å². The summed E-state index contributed by atoms with van der Waals surface area (Å²) < 4.78 is 26.7. The Bertz CT molecular complexity index is 684. The van der Waals surface area contributed by atoms with Crippen molar-refractivity contribution in [2.24, 2.45) is 5.92 Å². The van der Waals surface area contributed by atoms with Crippen LogP contribution in [0.15, 0.2) is 30.3 Å². The van der Waals surface area contributed by atoms with Crippen molar-refractivity contribution in [2.75, 3.05) is 32.7 Å². The number of carbonyl (C=O) groups excluding carboxylic acids is 1. The molecule has 7 heteroatoms. The zero-order chi connectivity index (χ0) is 19.9. The molecule has 2 N–H and O–H groups in total. The number of hydrogen-bond acceptors (Lipinski definition) is 3. The Kier molecular flexibility index (Phi) is 8.26. The third kappa shape index (κ3) is 7.60. The molecule has 0 aromatic heterocycles. The Labute approximate surface area is 164 Å². The predicted octanol–water partition coefficient (Wildman–Crippen LogP) is 0.658. The Morgan fingerprint density at radius 2 is 1.74 bits per heavy atom. The molecular weight excluding hydrogens is 362 g/mol. The first-order valence-electron chi connectivity index (χ1n) is 9.91. The number of carbonyl (C=O) groups is 1. The number of nitrogens with zero attached hydrogens (tertiary/aromatic N) is 1. The normalized spacial score (nSPS) is 17.8. The molecule has 152 valence electrons. The number of benzene rings is 1. The first-order chi connectivity index (χ1) is 12.8. The van der Waals surface area contributed by atoms with Crippen LogP contribution in [0.2, 0.25) is 0 Å². The summed E-state index contributed by atoms with van der Waals surface area (Å²) >= 11 is 0. The number of hydrogen-bond donors (Lipinski definition) is 2. The van der Waals surface area contributed by atoms with Gasteiger partial charge in [0.05, 0.1) is 31.9 Å². The van der Waals surface area contributed by atoms with Crippen LogP contribution in [-0.2, 0) is 20.6 Å². The average molecular weight is 397 g/mol. The van der Waals surface area contributed by atoms with Crippen molar-refractivity contribution in [3.05, 3.63) is 35.9 Å². The van der Waals surface area contributed by atoms with Crippen LogP contribution >= 0.6 is 0 Å². The molecule has 2 rings (SSSR count). The van der Waals surface area contributed by atoms with Gasteiger partial charge >= 0.3 is 0 Å². The zero-order valence-electron chi connectivity index (χ0n) is 16.8.